The lowest BCUT2D eigenvalue weighted by Crippen LogP contribution is -2.49. The van der Waals surface area contributed by atoms with E-state index in [1.165, 1.54) is 0 Å². The maximum Gasteiger partial charge on any atom is 0.269 e. The van der Waals surface area contributed by atoms with Gasteiger partial charge in [0.2, 0.25) is 0 Å². The van der Waals surface area contributed by atoms with Gasteiger partial charge in [0.1, 0.15) is 5.75 Å². The molecule has 8 heteroatoms. The summed E-state index contributed by atoms with van der Waals surface area (Å²) in [6.07, 6.45) is 0.431. The fourth-order valence-corrected chi connectivity index (χ4v) is 5.72. The van der Waals surface area contributed by atoms with Crippen molar-refractivity contribution in [2.45, 2.75) is 12.5 Å². The van der Waals surface area contributed by atoms with Crippen molar-refractivity contribution in [3.8, 4) is 17.0 Å². The van der Waals surface area contributed by atoms with Gasteiger partial charge in [0.15, 0.2) is 9.84 Å². The number of hydrogen-bond donors (Lipinski definition) is 0. The summed E-state index contributed by atoms with van der Waals surface area (Å²) in [5.74, 6) is 0.580. The molecule has 4 rings (SSSR count). The lowest BCUT2D eigenvalue weighted by Gasteiger charge is -2.34. The summed E-state index contributed by atoms with van der Waals surface area (Å²) in [5.41, 5.74) is 2.73. The smallest absolute Gasteiger partial charge is 0.269 e. The molecule has 1 atom stereocenters. The van der Waals surface area contributed by atoms with Gasteiger partial charge in [-0.25, -0.2) is 18.4 Å². The van der Waals surface area contributed by atoms with Crippen molar-refractivity contribution in [3.05, 3.63) is 60.2 Å². The van der Waals surface area contributed by atoms with E-state index in [4.69, 9.17) is 9.72 Å². The van der Waals surface area contributed by atoms with E-state index in [1.807, 2.05) is 48.5 Å². The number of aromatic nitrogens is 1. The molecule has 2 heterocycles. The summed E-state index contributed by atoms with van der Waals surface area (Å²) in [7, 11) is 2.00. The van der Waals surface area contributed by atoms with Crippen molar-refractivity contribution in [2.75, 3.05) is 32.7 Å². The maximum atomic E-state index is 13.7. The molecule has 7 nitrogen and oxygen atoms in total. The Labute approximate surface area is 182 Å². The molecule has 1 aliphatic heterocycles. The lowest BCUT2D eigenvalue weighted by atomic mass is 10.0. The minimum atomic E-state index is -3.13. The highest BCUT2D eigenvalue weighted by Gasteiger charge is 2.37. The number of amides is 1. The minimum absolute atomic E-state index is 0.0225. The average Bonchev–Trinajstić information content (AvgIpc) is 3.11. The highest BCUT2D eigenvalue weighted by molar-refractivity contribution is 7.91. The van der Waals surface area contributed by atoms with Gasteiger partial charge in [-0.1, -0.05) is 18.2 Å². The largest absolute Gasteiger partial charge is 0.497 e. The van der Waals surface area contributed by atoms with E-state index in [0.717, 1.165) is 16.7 Å². The number of pyridine rings is 1. The normalized spacial score (nSPS) is 17.7. The Morgan fingerprint density at radius 3 is 2.42 bits per heavy atom. The molecule has 0 aliphatic carbocycles. The van der Waals surface area contributed by atoms with Crippen molar-refractivity contribution in [3.63, 3.8) is 0 Å². The zero-order valence-electron chi connectivity index (χ0n) is 17.8. The number of ether oxygens (including phenoxy) is 1. The molecule has 1 saturated heterocycles. The number of hydrazine groups is 1. The number of carbonyl (C=O) groups excluding carboxylic acids is 1. The summed E-state index contributed by atoms with van der Waals surface area (Å²) in [4.78, 5) is 18.5. The third-order valence-corrected chi connectivity index (χ3v) is 7.28. The first-order valence-electron chi connectivity index (χ1n) is 10.0. The van der Waals surface area contributed by atoms with E-state index in [9.17, 15) is 13.2 Å². The van der Waals surface area contributed by atoms with Crippen LogP contribution < -0.4 is 4.74 Å². The molecule has 0 bridgehead atoms. The van der Waals surface area contributed by atoms with Crippen molar-refractivity contribution < 1.29 is 17.9 Å². The number of rotatable bonds is 5. The first-order chi connectivity index (χ1) is 14.8. The van der Waals surface area contributed by atoms with Gasteiger partial charge < -0.3 is 4.74 Å². The van der Waals surface area contributed by atoms with Gasteiger partial charge in [-0.05, 0) is 42.8 Å². The van der Waals surface area contributed by atoms with Crippen LogP contribution in [0.4, 0.5) is 0 Å². The Morgan fingerprint density at radius 1 is 1.10 bits per heavy atom. The topological polar surface area (TPSA) is 79.8 Å². The van der Waals surface area contributed by atoms with Crippen molar-refractivity contribution in [1.29, 1.82) is 0 Å². The Balaban J connectivity index is 1.82. The molecule has 1 amide bonds. The molecular weight excluding hydrogens is 414 g/mol. The van der Waals surface area contributed by atoms with Crippen molar-refractivity contribution in [1.82, 2.24) is 15.0 Å². The molecule has 0 saturated carbocycles. The number of para-hydroxylation sites is 1. The number of carbonyl (C=O) groups is 1. The summed E-state index contributed by atoms with van der Waals surface area (Å²) >= 11 is 0. The van der Waals surface area contributed by atoms with E-state index in [-0.39, 0.29) is 23.5 Å². The number of hydrogen-bond acceptors (Lipinski definition) is 6. The van der Waals surface area contributed by atoms with Gasteiger partial charge >= 0.3 is 0 Å². The van der Waals surface area contributed by atoms with E-state index in [0.29, 0.717) is 23.2 Å². The monoisotopic (exact) mass is 439 g/mol. The molecule has 1 fully saturated rings. The van der Waals surface area contributed by atoms with Crippen LogP contribution in [0.1, 0.15) is 16.8 Å². The first kappa shape index (κ1) is 21.3. The first-order valence-corrected chi connectivity index (χ1v) is 11.9. The molecule has 3 aromatic rings. The van der Waals surface area contributed by atoms with Crippen LogP contribution in [0.3, 0.4) is 0 Å². The second kappa shape index (κ2) is 8.28. The summed E-state index contributed by atoms with van der Waals surface area (Å²) in [5, 5.41) is 3.97. The van der Waals surface area contributed by atoms with Crippen LogP contribution in [-0.4, -0.2) is 68.1 Å². The maximum absolute atomic E-state index is 13.7. The van der Waals surface area contributed by atoms with E-state index in [1.54, 1.807) is 37.3 Å². The second-order valence-electron chi connectivity index (χ2n) is 7.85. The molecule has 0 radical (unpaired) electrons. The van der Waals surface area contributed by atoms with E-state index < -0.39 is 9.84 Å². The number of nitrogens with zero attached hydrogens (tertiary/aromatic N) is 3. The van der Waals surface area contributed by atoms with Crippen LogP contribution in [0.2, 0.25) is 0 Å². The Morgan fingerprint density at radius 2 is 1.81 bits per heavy atom. The fraction of sp³-hybridized carbons (Fsp3) is 0.304. The highest BCUT2D eigenvalue weighted by atomic mass is 32.2. The molecule has 31 heavy (non-hydrogen) atoms. The van der Waals surface area contributed by atoms with Crippen LogP contribution in [0.25, 0.3) is 22.2 Å². The fourth-order valence-electron chi connectivity index (χ4n) is 4.03. The molecule has 1 aromatic heterocycles. The van der Waals surface area contributed by atoms with Gasteiger partial charge in [0.25, 0.3) is 5.91 Å². The number of methoxy groups -OCH3 is 1. The minimum Gasteiger partial charge on any atom is -0.497 e. The van der Waals surface area contributed by atoms with Crippen LogP contribution in [0, 0.1) is 0 Å². The average molecular weight is 440 g/mol. The predicted molar refractivity (Wildman–Crippen MR) is 121 cm³/mol. The Kier molecular flexibility index (Phi) is 5.68. The summed E-state index contributed by atoms with van der Waals surface area (Å²) in [6.45, 7) is 0. The van der Waals surface area contributed by atoms with Crippen LogP contribution in [-0.2, 0) is 9.84 Å². The lowest BCUT2D eigenvalue weighted by molar-refractivity contribution is 0.00120. The summed E-state index contributed by atoms with van der Waals surface area (Å²) < 4.78 is 29.3. The third kappa shape index (κ3) is 4.26. The standard InChI is InChI=1S/C23H25N3O4S/c1-25(2)26(17-12-13-31(28,29)15-17)23(27)20-14-22(16-8-10-18(30-3)11-9-16)24-21-7-5-4-6-19(20)21/h4-11,14,17H,12-13,15H2,1-3H3. The molecular formula is C23H25N3O4S. The Bertz CT molecular complexity index is 1220. The van der Waals surface area contributed by atoms with Gasteiger partial charge in [0.05, 0.1) is 41.4 Å². The number of benzene rings is 2. The van der Waals surface area contributed by atoms with Crippen molar-refractivity contribution in [2.24, 2.45) is 0 Å². The predicted octanol–water partition coefficient (Wildman–Crippen LogP) is 3.02. The highest BCUT2D eigenvalue weighted by Crippen LogP contribution is 2.29. The third-order valence-electron chi connectivity index (χ3n) is 5.53. The zero-order valence-corrected chi connectivity index (χ0v) is 18.6. The van der Waals surface area contributed by atoms with Gasteiger partial charge in [-0.15, -0.1) is 0 Å². The second-order valence-corrected chi connectivity index (χ2v) is 10.1. The van der Waals surface area contributed by atoms with Gasteiger partial charge in [-0.2, -0.15) is 0 Å². The molecule has 0 spiro atoms. The molecule has 162 valence electrons. The van der Waals surface area contributed by atoms with Crippen LogP contribution >= 0.6 is 0 Å². The quantitative estimate of drug-likeness (QED) is 0.569. The van der Waals surface area contributed by atoms with Crippen LogP contribution in [0.15, 0.2) is 54.6 Å². The van der Waals surface area contributed by atoms with E-state index >= 15 is 0 Å². The van der Waals surface area contributed by atoms with E-state index in [2.05, 4.69) is 0 Å². The van der Waals surface area contributed by atoms with Gasteiger partial charge in [-0.3, -0.25) is 9.80 Å². The molecule has 0 N–H and O–H groups in total. The zero-order chi connectivity index (χ0) is 22.2. The summed E-state index contributed by atoms with van der Waals surface area (Å²) in [6, 6.07) is 16.4. The van der Waals surface area contributed by atoms with Gasteiger partial charge in [0, 0.05) is 25.0 Å². The molecule has 1 unspecified atom stereocenters. The molecule has 2 aromatic carbocycles. The molecule has 1 aliphatic rings. The SMILES string of the molecule is COc1ccc(-c2cc(C(=O)N(C3CCS(=O)(=O)C3)N(C)C)c3ccccc3n2)cc1. The number of fused-ring (bicyclic) bond motifs is 1. The Hall–Kier alpha value is -2.97. The van der Waals surface area contributed by atoms with Crippen LogP contribution in [0.5, 0.6) is 5.75 Å². The number of sulfone groups is 1. The van der Waals surface area contributed by atoms with Crippen molar-refractivity contribution >= 4 is 26.6 Å².